The van der Waals surface area contributed by atoms with Gasteiger partial charge in [-0.15, -0.1) is 0 Å². The van der Waals surface area contributed by atoms with Crippen LogP contribution in [0.15, 0.2) is 0 Å². The van der Waals surface area contributed by atoms with Crippen LogP contribution in [0, 0.1) is 24.2 Å². The first-order valence-electron chi connectivity index (χ1n) is 3.86. The molecule has 0 saturated heterocycles. The van der Waals surface area contributed by atoms with Crippen molar-refractivity contribution < 1.29 is 5.11 Å². The third-order valence-corrected chi connectivity index (χ3v) is 2.85. The molecule has 1 nitrogen and oxygen atoms in total. The predicted octanol–water partition coefficient (Wildman–Crippen LogP) is 1.23. The zero-order valence-electron chi connectivity index (χ0n) is 5.59. The number of hydrogen-bond acceptors (Lipinski definition) is 1. The zero-order chi connectivity index (χ0) is 6.27. The van der Waals surface area contributed by atoms with Gasteiger partial charge in [0.15, 0.2) is 0 Å². The van der Waals surface area contributed by atoms with Crippen molar-refractivity contribution in [1.82, 2.24) is 0 Å². The second kappa shape index (κ2) is 1.98. The van der Waals surface area contributed by atoms with E-state index in [2.05, 4.69) is 6.42 Å². The van der Waals surface area contributed by atoms with E-state index >= 15 is 0 Å². The number of aliphatic hydroxyl groups excluding tert-OH is 1. The highest BCUT2D eigenvalue weighted by atomic mass is 16.3. The molecule has 0 aromatic rings. The van der Waals surface area contributed by atoms with Gasteiger partial charge in [-0.2, -0.15) is 0 Å². The number of rotatable bonds is 1. The number of aliphatic hydroxyl groups is 1. The van der Waals surface area contributed by atoms with Gasteiger partial charge in [0.1, 0.15) is 0 Å². The molecule has 2 bridgehead atoms. The highest BCUT2D eigenvalue weighted by Gasteiger charge is 2.38. The molecule has 0 aromatic carbocycles. The summed E-state index contributed by atoms with van der Waals surface area (Å²) >= 11 is 0. The normalized spacial score (nSPS) is 48.3. The Morgan fingerprint density at radius 2 is 2.33 bits per heavy atom. The molecule has 3 atom stereocenters. The van der Waals surface area contributed by atoms with E-state index in [1.165, 1.54) is 19.3 Å². The molecule has 2 saturated carbocycles. The highest BCUT2D eigenvalue weighted by molar-refractivity contribution is 5.01. The van der Waals surface area contributed by atoms with Crippen molar-refractivity contribution in [2.45, 2.75) is 19.3 Å². The van der Waals surface area contributed by atoms with E-state index in [0.29, 0.717) is 12.5 Å². The molecule has 9 heavy (non-hydrogen) atoms. The molecule has 51 valence electrons. The Morgan fingerprint density at radius 1 is 1.44 bits per heavy atom. The topological polar surface area (TPSA) is 20.2 Å². The summed E-state index contributed by atoms with van der Waals surface area (Å²) in [5.41, 5.74) is 0. The molecule has 2 fully saturated rings. The van der Waals surface area contributed by atoms with E-state index in [9.17, 15) is 0 Å². The van der Waals surface area contributed by atoms with Crippen molar-refractivity contribution in [2.24, 2.45) is 17.8 Å². The van der Waals surface area contributed by atoms with E-state index in [1.807, 2.05) is 0 Å². The quantitative estimate of drug-likeness (QED) is 0.559. The van der Waals surface area contributed by atoms with Crippen LogP contribution < -0.4 is 0 Å². The minimum Gasteiger partial charge on any atom is -0.396 e. The minimum atomic E-state index is 0.390. The Bertz CT molecular complexity index is 111. The van der Waals surface area contributed by atoms with Crippen LogP contribution in [0.3, 0.4) is 0 Å². The standard InChI is InChI=1S/C8H13O/c9-5-8-4-6-1-2-7(8)3-6/h4,6-9H,1-3,5H2/t6-,7+,8+/m0/s1. The molecular weight excluding hydrogens is 112 g/mol. The fraction of sp³-hybridized carbons (Fsp3) is 0.875. The van der Waals surface area contributed by atoms with Crippen LogP contribution in [0.1, 0.15) is 19.3 Å². The van der Waals surface area contributed by atoms with Crippen molar-refractivity contribution in [3.63, 3.8) is 0 Å². The van der Waals surface area contributed by atoms with Gasteiger partial charge in [-0.05, 0) is 43.4 Å². The van der Waals surface area contributed by atoms with Gasteiger partial charge in [-0.1, -0.05) is 0 Å². The summed E-state index contributed by atoms with van der Waals surface area (Å²) in [5.74, 6) is 2.27. The van der Waals surface area contributed by atoms with E-state index in [1.54, 1.807) is 0 Å². The lowest BCUT2D eigenvalue weighted by Crippen LogP contribution is -2.14. The van der Waals surface area contributed by atoms with Crippen LogP contribution in [0.25, 0.3) is 0 Å². The summed E-state index contributed by atoms with van der Waals surface area (Å²) in [6.07, 6.45) is 6.48. The maximum absolute atomic E-state index is 8.86. The van der Waals surface area contributed by atoms with Gasteiger partial charge >= 0.3 is 0 Å². The molecule has 1 radical (unpaired) electrons. The average molecular weight is 125 g/mol. The van der Waals surface area contributed by atoms with Crippen molar-refractivity contribution in [1.29, 1.82) is 0 Å². The molecule has 0 aliphatic heterocycles. The Balaban J connectivity index is 2.01. The molecule has 0 heterocycles. The van der Waals surface area contributed by atoms with Crippen LogP contribution in [-0.2, 0) is 0 Å². The second-order valence-electron chi connectivity index (χ2n) is 3.37. The van der Waals surface area contributed by atoms with Crippen LogP contribution in [0.4, 0.5) is 0 Å². The maximum Gasteiger partial charge on any atom is 0.0464 e. The smallest absolute Gasteiger partial charge is 0.0464 e. The van der Waals surface area contributed by atoms with E-state index in [0.717, 1.165) is 11.8 Å². The minimum absolute atomic E-state index is 0.390. The monoisotopic (exact) mass is 125 g/mol. The third-order valence-electron chi connectivity index (χ3n) is 2.85. The van der Waals surface area contributed by atoms with Crippen molar-refractivity contribution >= 4 is 0 Å². The van der Waals surface area contributed by atoms with E-state index in [4.69, 9.17) is 5.11 Å². The lowest BCUT2D eigenvalue weighted by molar-refractivity contribution is 0.205. The van der Waals surface area contributed by atoms with E-state index in [-0.39, 0.29) is 0 Å². The van der Waals surface area contributed by atoms with Crippen LogP contribution in [-0.4, -0.2) is 11.7 Å². The van der Waals surface area contributed by atoms with Crippen LogP contribution in [0.5, 0.6) is 0 Å². The van der Waals surface area contributed by atoms with Crippen LogP contribution >= 0.6 is 0 Å². The second-order valence-corrected chi connectivity index (χ2v) is 3.37. The fourth-order valence-electron chi connectivity index (χ4n) is 2.33. The molecule has 0 unspecified atom stereocenters. The zero-order valence-corrected chi connectivity index (χ0v) is 5.59. The average Bonchev–Trinajstić information content (AvgIpc) is 2.45. The van der Waals surface area contributed by atoms with Crippen LogP contribution in [0.2, 0.25) is 0 Å². The van der Waals surface area contributed by atoms with Crippen molar-refractivity contribution in [3.05, 3.63) is 6.42 Å². The third kappa shape index (κ3) is 0.787. The molecule has 1 N–H and O–H groups in total. The molecule has 2 aliphatic rings. The first-order chi connectivity index (χ1) is 4.40. The fourth-order valence-corrected chi connectivity index (χ4v) is 2.33. The van der Waals surface area contributed by atoms with E-state index < -0.39 is 0 Å². The number of hydrogen-bond donors (Lipinski definition) is 1. The Kier molecular flexibility index (Phi) is 1.26. The van der Waals surface area contributed by atoms with Gasteiger partial charge in [0.05, 0.1) is 0 Å². The first-order valence-corrected chi connectivity index (χ1v) is 3.86. The van der Waals surface area contributed by atoms with Crippen molar-refractivity contribution in [3.8, 4) is 0 Å². The summed E-state index contributed by atoms with van der Waals surface area (Å²) in [6, 6.07) is 0. The lowest BCUT2D eigenvalue weighted by atomic mass is 9.90. The highest BCUT2D eigenvalue weighted by Crippen LogP contribution is 2.47. The molecule has 0 spiro atoms. The van der Waals surface area contributed by atoms with Gasteiger partial charge in [-0.3, -0.25) is 0 Å². The molecular formula is C8H13O. The number of fused-ring (bicyclic) bond motifs is 2. The van der Waals surface area contributed by atoms with Gasteiger partial charge < -0.3 is 5.11 Å². The molecule has 0 amide bonds. The SMILES string of the molecule is OC[C@H]1[CH][C@H]2CC[C@@H]1C2. The summed E-state index contributed by atoms with van der Waals surface area (Å²) in [5, 5.41) is 8.86. The molecule has 2 aliphatic carbocycles. The van der Waals surface area contributed by atoms with Gasteiger partial charge in [0.2, 0.25) is 0 Å². The molecule has 0 aromatic heterocycles. The molecule has 2 rings (SSSR count). The first kappa shape index (κ1) is 5.72. The summed E-state index contributed by atoms with van der Waals surface area (Å²) in [7, 11) is 0. The molecule has 1 heteroatoms. The van der Waals surface area contributed by atoms with Crippen molar-refractivity contribution in [2.75, 3.05) is 6.61 Å². The van der Waals surface area contributed by atoms with Gasteiger partial charge in [0, 0.05) is 6.61 Å². The Labute approximate surface area is 56.1 Å². The summed E-state index contributed by atoms with van der Waals surface area (Å²) < 4.78 is 0. The summed E-state index contributed by atoms with van der Waals surface area (Å²) in [4.78, 5) is 0. The Morgan fingerprint density at radius 3 is 2.67 bits per heavy atom. The Hall–Kier alpha value is -0.0400. The lowest BCUT2D eigenvalue weighted by Gasteiger charge is -2.17. The maximum atomic E-state index is 8.86. The largest absolute Gasteiger partial charge is 0.396 e. The summed E-state index contributed by atoms with van der Waals surface area (Å²) in [6.45, 7) is 0.390. The predicted molar refractivity (Wildman–Crippen MR) is 35.7 cm³/mol. The van der Waals surface area contributed by atoms with Gasteiger partial charge in [0.25, 0.3) is 0 Å². The van der Waals surface area contributed by atoms with Gasteiger partial charge in [-0.25, -0.2) is 0 Å².